The molecular weight excluding hydrogens is 304 g/mol. The van der Waals surface area contributed by atoms with Crippen LogP contribution in [-0.4, -0.2) is 43.8 Å². The minimum atomic E-state index is 0.310. The molecular formula is C19H24N2O3. The quantitative estimate of drug-likeness (QED) is 0.836. The number of nitrogens with zero attached hydrogens (tertiary/aromatic N) is 2. The molecule has 2 aliphatic heterocycles. The van der Waals surface area contributed by atoms with Gasteiger partial charge in [-0.1, -0.05) is 6.42 Å². The molecule has 3 atom stereocenters. The van der Waals surface area contributed by atoms with Crippen molar-refractivity contribution in [3.8, 4) is 11.5 Å². The van der Waals surface area contributed by atoms with Gasteiger partial charge in [0.15, 0.2) is 11.5 Å². The standard InChI is InChI=1S/C19H24N2O3/c22-19(16-10-13-1-2-14(16)9-13)21-7-5-20(6-8-21)15-3-4-17-18(11-15)24-12-23-17/h3-4,11,13-14,16H,1-2,5-10,12H2/t13-,14+,16+/m0/s1. The molecule has 128 valence electrons. The van der Waals surface area contributed by atoms with E-state index in [-0.39, 0.29) is 0 Å². The summed E-state index contributed by atoms with van der Waals surface area (Å²) in [4.78, 5) is 17.3. The average Bonchev–Trinajstić information content (AvgIpc) is 3.36. The molecule has 1 amide bonds. The fourth-order valence-corrected chi connectivity index (χ4v) is 5.05. The number of benzene rings is 1. The predicted octanol–water partition coefficient (Wildman–Crippen LogP) is 2.50. The highest BCUT2D eigenvalue weighted by atomic mass is 16.7. The van der Waals surface area contributed by atoms with Crippen molar-refractivity contribution in [2.75, 3.05) is 37.9 Å². The molecule has 4 aliphatic rings. The Morgan fingerprint density at radius 2 is 1.83 bits per heavy atom. The molecule has 5 heteroatoms. The second-order valence-electron chi connectivity index (χ2n) is 7.63. The maximum absolute atomic E-state index is 12.9. The van der Waals surface area contributed by atoms with Crippen LogP contribution in [0.2, 0.25) is 0 Å². The van der Waals surface area contributed by atoms with Crippen LogP contribution in [0, 0.1) is 17.8 Å². The maximum Gasteiger partial charge on any atom is 0.231 e. The van der Waals surface area contributed by atoms with Crippen molar-refractivity contribution in [3.63, 3.8) is 0 Å². The molecule has 24 heavy (non-hydrogen) atoms. The van der Waals surface area contributed by atoms with Crippen LogP contribution in [0.15, 0.2) is 18.2 Å². The lowest BCUT2D eigenvalue weighted by molar-refractivity contribution is -0.137. The Balaban J connectivity index is 1.22. The third-order valence-corrected chi connectivity index (χ3v) is 6.37. The van der Waals surface area contributed by atoms with Gasteiger partial charge in [0.05, 0.1) is 0 Å². The number of hydrogen-bond acceptors (Lipinski definition) is 4. The molecule has 1 aromatic rings. The molecule has 5 nitrogen and oxygen atoms in total. The Bertz CT molecular complexity index is 654. The number of fused-ring (bicyclic) bond motifs is 3. The Hall–Kier alpha value is -1.91. The van der Waals surface area contributed by atoms with Crippen LogP contribution >= 0.6 is 0 Å². The second kappa shape index (κ2) is 5.57. The fourth-order valence-electron chi connectivity index (χ4n) is 5.05. The number of piperazine rings is 1. The topological polar surface area (TPSA) is 42.0 Å². The van der Waals surface area contributed by atoms with E-state index in [2.05, 4.69) is 21.9 Å². The average molecular weight is 328 g/mol. The summed E-state index contributed by atoms with van der Waals surface area (Å²) in [6.07, 6.45) is 5.07. The Kier molecular flexibility index (Phi) is 3.35. The van der Waals surface area contributed by atoms with E-state index >= 15 is 0 Å². The summed E-state index contributed by atoms with van der Waals surface area (Å²) in [6, 6.07) is 6.11. The van der Waals surface area contributed by atoms with Crippen molar-refractivity contribution in [3.05, 3.63) is 18.2 Å². The first-order valence-corrected chi connectivity index (χ1v) is 9.21. The van der Waals surface area contributed by atoms with Gasteiger partial charge in [0.1, 0.15) is 0 Å². The number of hydrogen-bond donors (Lipinski definition) is 0. The van der Waals surface area contributed by atoms with E-state index in [1.807, 2.05) is 6.07 Å². The summed E-state index contributed by atoms with van der Waals surface area (Å²) >= 11 is 0. The van der Waals surface area contributed by atoms with E-state index in [1.54, 1.807) is 0 Å². The third-order valence-electron chi connectivity index (χ3n) is 6.37. The van der Waals surface area contributed by atoms with Gasteiger partial charge < -0.3 is 19.3 Å². The normalized spacial score (nSPS) is 30.9. The number of ether oxygens (including phenoxy) is 2. The van der Waals surface area contributed by atoms with Gasteiger partial charge in [-0.05, 0) is 43.2 Å². The molecule has 0 unspecified atom stereocenters. The summed E-state index contributed by atoms with van der Waals surface area (Å²) in [7, 11) is 0. The lowest BCUT2D eigenvalue weighted by Crippen LogP contribution is -2.51. The van der Waals surface area contributed by atoms with Crippen molar-refractivity contribution < 1.29 is 14.3 Å². The van der Waals surface area contributed by atoms with E-state index in [4.69, 9.17) is 9.47 Å². The Labute approximate surface area is 142 Å². The Morgan fingerprint density at radius 3 is 2.58 bits per heavy atom. The SMILES string of the molecule is O=C([C@@H]1C[C@H]2CC[C@@H]1C2)N1CCN(c2ccc3c(c2)OCO3)CC1. The molecule has 1 saturated heterocycles. The van der Waals surface area contributed by atoms with Gasteiger partial charge in [-0.3, -0.25) is 4.79 Å². The van der Waals surface area contributed by atoms with Crippen molar-refractivity contribution >= 4 is 11.6 Å². The van der Waals surface area contributed by atoms with Crippen molar-refractivity contribution in [1.82, 2.24) is 4.90 Å². The summed E-state index contributed by atoms with van der Waals surface area (Å²) in [5, 5.41) is 0. The van der Waals surface area contributed by atoms with E-state index in [0.29, 0.717) is 24.5 Å². The molecule has 2 aliphatic carbocycles. The number of amides is 1. The van der Waals surface area contributed by atoms with Crippen LogP contribution in [0.5, 0.6) is 11.5 Å². The van der Waals surface area contributed by atoms with E-state index < -0.39 is 0 Å². The van der Waals surface area contributed by atoms with Crippen LogP contribution in [0.3, 0.4) is 0 Å². The van der Waals surface area contributed by atoms with Gasteiger partial charge in [-0.15, -0.1) is 0 Å². The summed E-state index contributed by atoms with van der Waals surface area (Å²) in [5.74, 6) is 3.90. The maximum atomic E-state index is 12.9. The largest absolute Gasteiger partial charge is 0.454 e. The zero-order chi connectivity index (χ0) is 16.1. The lowest BCUT2D eigenvalue weighted by atomic mass is 9.87. The number of rotatable bonds is 2. The number of anilines is 1. The fraction of sp³-hybridized carbons (Fsp3) is 0.632. The van der Waals surface area contributed by atoms with Gasteiger partial charge in [0.25, 0.3) is 0 Å². The predicted molar refractivity (Wildman–Crippen MR) is 90.3 cm³/mol. The van der Waals surface area contributed by atoms with Crippen LogP contribution in [0.1, 0.15) is 25.7 Å². The van der Waals surface area contributed by atoms with Gasteiger partial charge in [-0.2, -0.15) is 0 Å². The van der Waals surface area contributed by atoms with Gasteiger partial charge in [0, 0.05) is 43.9 Å². The van der Waals surface area contributed by atoms with Crippen LogP contribution in [0.4, 0.5) is 5.69 Å². The van der Waals surface area contributed by atoms with Gasteiger partial charge >= 0.3 is 0 Å². The van der Waals surface area contributed by atoms with E-state index in [1.165, 1.54) is 19.3 Å². The molecule has 0 radical (unpaired) electrons. The minimum Gasteiger partial charge on any atom is -0.454 e. The highest BCUT2D eigenvalue weighted by Crippen LogP contribution is 2.49. The van der Waals surface area contributed by atoms with Crippen molar-refractivity contribution in [1.29, 1.82) is 0 Å². The van der Waals surface area contributed by atoms with Crippen LogP contribution in [-0.2, 0) is 4.79 Å². The molecule has 0 aromatic heterocycles. The Morgan fingerprint density at radius 1 is 1.00 bits per heavy atom. The molecule has 0 spiro atoms. The zero-order valence-electron chi connectivity index (χ0n) is 13.9. The highest BCUT2D eigenvalue weighted by Gasteiger charge is 2.44. The molecule has 2 saturated carbocycles. The number of carbonyl (C=O) groups excluding carboxylic acids is 1. The molecule has 5 rings (SSSR count). The molecule has 1 aromatic carbocycles. The molecule has 3 fully saturated rings. The molecule has 2 bridgehead atoms. The highest BCUT2D eigenvalue weighted by molar-refractivity contribution is 5.80. The van der Waals surface area contributed by atoms with Crippen molar-refractivity contribution in [2.24, 2.45) is 17.8 Å². The minimum absolute atomic E-state index is 0.310. The first-order valence-electron chi connectivity index (χ1n) is 9.21. The van der Waals surface area contributed by atoms with Gasteiger partial charge in [0.2, 0.25) is 12.7 Å². The molecule has 2 heterocycles. The van der Waals surface area contributed by atoms with Crippen LogP contribution < -0.4 is 14.4 Å². The number of carbonyl (C=O) groups is 1. The zero-order valence-corrected chi connectivity index (χ0v) is 13.9. The van der Waals surface area contributed by atoms with Crippen molar-refractivity contribution in [2.45, 2.75) is 25.7 Å². The molecule has 0 N–H and O–H groups in total. The van der Waals surface area contributed by atoms with Gasteiger partial charge in [-0.25, -0.2) is 0 Å². The second-order valence-corrected chi connectivity index (χ2v) is 7.63. The van der Waals surface area contributed by atoms with Crippen LogP contribution in [0.25, 0.3) is 0 Å². The summed E-state index contributed by atoms with van der Waals surface area (Å²) < 4.78 is 10.8. The van der Waals surface area contributed by atoms with E-state index in [0.717, 1.165) is 55.7 Å². The summed E-state index contributed by atoms with van der Waals surface area (Å²) in [6.45, 7) is 3.77. The first kappa shape index (κ1) is 14.4. The monoisotopic (exact) mass is 328 g/mol. The lowest BCUT2D eigenvalue weighted by Gasteiger charge is -2.38. The van der Waals surface area contributed by atoms with E-state index in [9.17, 15) is 4.79 Å². The smallest absolute Gasteiger partial charge is 0.231 e. The summed E-state index contributed by atoms with van der Waals surface area (Å²) in [5.41, 5.74) is 1.16. The third kappa shape index (κ3) is 2.33. The first-order chi connectivity index (χ1) is 11.8.